The molecule has 1 amide bonds. The number of hydrogen-bond acceptors (Lipinski definition) is 7. The SMILES string of the molecule is Cc1ccc(Nc2cnccc2N(NC(=O)c2cncnc2)C2CCOCC2)cc1. The zero-order valence-corrected chi connectivity index (χ0v) is 16.8. The van der Waals surface area contributed by atoms with Crippen molar-refractivity contribution in [3.05, 3.63) is 72.6 Å². The average Bonchev–Trinajstić information content (AvgIpc) is 2.80. The molecule has 154 valence electrons. The number of benzene rings is 1. The van der Waals surface area contributed by atoms with E-state index in [9.17, 15) is 4.79 Å². The van der Waals surface area contributed by atoms with Gasteiger partial charge in [-0.3, -0.25) is 20.2 Å². The number of nitrogens with zero attached hydrogens (tertiary/aromatic N) is 4. The van der Waals surface area contributed by atoms with Gasteiger partial charge in [0.2, 0.25) is 0 Å². The number of aryl methyl sites for hydroxylation is 1. The second-order valence-electron chi connectivity index (χ2n) is 7.17. The third-order valence-electron chi connectivity index (χ3n) is 4.99. The highest BCUT2D eigenvalue weighted by atomic mass is 16.5. The van der Waals surface area contributed by atoms with E-state index in [1.807, 2.05) is 35.3 Å². The Morgan fingerprint density at radius 3 is 2.50 bits per heavy atom. The number of hydrogen-bond donors (Lipinski definition) is 2. The fourth-order valence-electron chi connectivity index (χ4n) is 3.37. The lowest BCUT2D eigenvalue weighted by Gasteiger charge is -2.36. The number of amides is 1. The Hall–Kier alpha value is -3.52. The van der Waals surface area contributed by atoms with Crippen LogP contribution in [0, 0.1) is 6.92 Å². The van der Waals surface area contributed by atoms with E-state index in [0.29, 0.717) is 18.8 Å². The third kappa shape index (κ3) is 4.72. The van der Waals surface area contributed by atoms with Crippen molar-refractivity contribution in [3.63, 3.8) is 0 Å². The number of pyridine rings is 1. The van der Waals surface area contributed by atoms with Crippen molar-refractivity contribution in [2.75, 3.05) is 23.5 Å². The molecule has 0 radical (unpaired) electrons. The second kappa shape index (κ2) is 9.32. The zero-order valence-electron chi connectivity index (χ0n) is 16.8. The molecular formula is C22H24N6O2. The number of hydrazine groups is 1. The summed E-state index contributed by atoms with van der Waals surface area (Å²) in [5.41, 5.74) is 7.22. The first kappa shape index (κ1) is 19.8. The summed E-state index contributed by atoms with van der Waals surface area (Å²) in [6.45, 7) is 3.35. The molecule has 1 saturated heterocycles. The summed E-state index contributed by atoms with van der Waals surface area (Å²) in [7, 11) is 0. The van der Waals surface area contributed by atoms with Gasteiger partial charge in [-0.05, 0) is 38.0 Å². The molecule has 8 nitrogen and oxygen atoms in total. The Morgan fingerprint density at radius 2 is 1.77 bits per heavy atom. The molecule has 2 N–H and O–H groups in total. The van der Waals surface area contributed by atoms with Crippen LogP contribution >= 0.6 is 0 Å². The van der Waals surface area contributed by atoms with Crippen LogP contribution < -0.4 is 15.8 Å². The maximum Gasteiger partial charge on any atom is 0.272 e. The fourth-order valence-corrected chi connectivity index (χ4v) is 3.37. The largest absolute Gasteiger partial charge is 0.381 e. The number of nitrogens with one attached hydrogen (secondary N) is 2. The van der Waals surface area contributed by atoms with E-state index >= 15 is 0 Å². The van der Waals surface area contributed by atoms with Gasteiger partial charge in [-0.15, -0.1) is 0 Å². The monoisotopic (exact) mass is 404 g/mol. The van der Waals surface area contributed by atoms with E-state index in [1.165, 1.54) is 24.3 Å². The number of carbonyl (C=O) groups excluding carboxylic acids is 1. The van der Waals surface area contributed by atoms with Gasteiger partial charge in [-0.1, -0.05) is 17.7 Å². The molecule has 0 unspecified atom stereocenters. The van der Waals surface area contributed by atoms with Crippen LogP contribution in [0.15, 0.2) is 61.4 Å². The summed E-state index contributed by atoms with van der Waals surface area (Å²) in [5, 5.41) is 5.33. The van der Waals surface area contributed by atoms with Crippen LogP contribution in [0.4, 0.5) is 17.1 Å². The number of aromatic nitrogens is 3. The molecule has 8 heteroatoms. The topological polar surface area (TPSA) is 92.3 Å². The minimum atomic E-state index is -0.264. The molecule has 3 heterocycles. The molecule has 4 rings (SSSR count). The summed E-state index contributed by atoms with van der Waals surface area (Å²) in [6, 6.07) is 10.1. The molecule has 0 aliphatic carbocycles. The summed E-state index contributed by atoms with van der Waals surface area (Å²) >= 11 is 0. The zero-order chi connectivity index (χ0) is 20.8. The quantitative estimate of drug-likeness (QED) is 0.609. The fraction of sp³-hybridized carbons (Fsp3) is 0.273. The molecule has 1 aliphatic heterocycles. The number of ether oxygens (including phenoxy) is 1. The normalized spacial score (nSPS) is 14.2. The van der Waals surface area contributed by atoms with Crippen molar-refractivity contribution in [3.8, 4) is 0 Å². The van der Waals surface area contributed by atoms with Crippen molar-refractivity contribution in [1.29, 1.82) is 0 Å². The third-order valence-corrected chi connectivity index (χ3v) is 4.99. The molecule has 0 spiro atoms. The predicted octanol–water partition coefficient (Wildman–Crippen LogP) is 3.25. The first-order valence-electron chi connectivity index (χ1n) is 9.91. The van der Waals surface area contributed by atoms with E-state index in [2.05, 4.69) is 32.6 Å². The maximum absolute atomic E-state index is 12.9. The molecule has 3 aromatic rings. The standard InChI is InChI=1S/C22H24N6O2/c1-16-2-4-18(5-3-16)26-20-14-23-9-6-21(20)28(19-7-10-30-11-8-19)27-22(29)17-12-24-15-25-13-17/h2-6,9,12-15,19,26H,7-8,10-11H2,1H3,(H,27,29). The first-order valence-corrected chi connectivity index (χ1v) is 9.91. The van der Waals surface area contributed by atoms with E-state index < -0.39 is 0 Å². The minimum absolute atomic E-state index is 0.0910. The first-order chi connectivity index (χ1) is 14.7. The Balaban J connectivity index is 1.64. The smallest absolute Gasteiger partial charge is 0.272 e. The Morgan fingerprint density at radius 1 is 1.03 bits per heavy atom. The van der Waals surface area contributed by atoms with E-state index in [1.54, 1.807) is 12.4 Å². The Bertz CT molecular complexity index is 974. The van der Waals surface area contributed by atoms with Gasteiger partial charge in [0.1, 0.15) is 6.33 Å². The number of rotatable bonds is 6. The molecule has 30 heavy (non-hydrogen) atoms. The van der Waals surface area contributed by atoms with Gasteiger partial charge in [-0.25, -0.2) is 9.97 Å². The summed E-state index contributed by atoms with van der Waals surface area (Å²) in [4.78, 5) is 25.0. The molecule has 0 bridgehead atoms. The predicted molar refractivity (Wildman–Crippen MR) is 115 cm³/mol. The highest BCUT2D eigenvalue weighted by Gasteiger charge is 2.26. The highest BCUT2D eigenvalue weighted by Crippen LogP contribution is 2.30. The van der Waals surface area contributed by atoms with Crippen LogP contribution in [-0.4, -0.2) is 40.1 Å². The van der Waals surface area contributed by atoms with Crippen LogP contribution in [-0.2, 0) is 4.74 Å². The van der Waals surface area contributed by atoms with Crippen LogP contribution in [0.3, 0.4) is 0 Å². The Kier molecular flexibility index (Phi) is 6.14. The lowest BCUT2D eigenvalue weighted by molar-refractivity contribution is 0.0777. The molecule has 1 aromatic carbocycles. The molecule has 0 atom stereocenters. The van der Waals surface area contributed by atoms with Gasteiger partial charge in [-0.2, -0.15) is 0 Å². The summed E-state index contributed by atoms with van der Waals surface area (Å²) in [5.74, 6) is -0.264. The van der Waals surface area contributed by atoms with E-state index in [4.69, 9.17) is 4.74 Å². The maximum atomic E-state index is 12.9. The van der Waals surface area contributed by atoms with Crippen LogP contribution in [0.1, 0.15) is 28.8 Å². The van der Waals surface area contributed by atoms with Gasteiger partial charge in [0.15, 0.2) is 0 Å². The lowest BCUT2D eigenvalue weighted by Crippen LogP contribution is -2.51. The molecule has 0 saturated carbocycles. The van der Waals surface area contributed by atoms with Crippen molar-refractivity contribution >= 4 is 23.0 Å². The number of carbonyl (C=O) groups is 1. The van der Waals surface area contributed by atoms with E-state index in [-0.39, 0.29) is 11.9 Å². The second-order valence-corrected chi connectivity index (χ2v) is 7.17. The van der Waals surface area contributed by atoms with Crippen molar-refractivity contribution in [1.82, 2.24) is 20.4 Å². The van der Waals surface area contributed by atoms with Gasteiger partial charge in [0.05, 0.1) is 29.2 Å². The Labute approximate surface area is 175 Å². The van der Waals surface area contributed by atoms with Gasteiger partial charge >= 0.3 is 0 Å². The van der Waals surface area contributed by atoms with Crippen molar-refractivity contribution < 1.29 is 9.53 Å². The molecular weight excluding hydrogens is 380 g/mol. The van der Waals surface area contributed by atoms with Crippen LogP contribution in [0.5, 0.6) is 0 Å². The van der Waals surface area contributed by atoms with Crippen LogP contribution in [0.2, 0.25) is 0 Å². The van der Waals surface area contributed by atoms with Crippen molar-refractivity contribution in [2.45, 2.75) is 25.8 Å². The molecule has 1 aliphatic rings. The van der Waals surface area contributed by atoms with Gasteiger partial charge in [0.25, 0.3) is 5.91 Å². The summed E-state index contributed by atoms with van der Waals surface area (Å²) < 4.78 is 5.53. The van der Waals surface area contributed by atoms with Gasteiger partial charge in [0, 0.05) is 37.5 Å². The van der Waals surface area contributed by atoms with Crippen molar-refractivity contribution in [2.24, 2.45) is 0 Å². The molecule has 2 aromatic heterocycles. The van der Waals surface area contributed by atoms with Gasteiger partial charge < -0.3 is 10.1 Å². The highest BCUT2D eigenvalue weighted by molar-refractivity contribution is 5.95. The number of anilines is 3. The minimum Gasteiger partial charge on any atom is -0.381 e. The van der Waals surface area contributed by atoms with E-state index in [0.717, 1.165) is 29.9 Å². The lowest BCUT2D eigenvalue weighted by atomic mass is 10.1. The molecule has 1 fully saturated rings. The summed E-state index contributed by atoms with van der Waals surface area (Å²) in [6.07, 6.45) is 9.50. The van der Waals surface area contributed by atoms with Crippen LogP contribution in [0.25, 0.3) is 0 Å². The average molecular weight is 404 g/mol.